The van der Waals surface area contributed by atoms with E-state index >= 15 is 0 Å². The van der Waals surface area contributed by atoms with Gasteiger partial charge in [-0.15, -0.1) is 0 Å². The number of hydrogen-bond acceptors (Lipinski definition) is 7. The molecular formula is C17H22F3N7O. The van der Waals surface area contributed by atoms with E-state index in [0.717, 1.165) is 56.8 Å². The molecule has 0 saturated carbocycles. The van der Waals surface area contributed by atoms with E-state index in [-0.39, 0.29) is 11.8 Å². The normalized spacial score (nSPS) is 20.2. The minimum atomic E-state index is -4.51. The highest BCUT2D eigenvalue weighted by Crippen LogP contribution is 2.34. The average molecular weight is 397 g/mol. The quantitative estimate of drug-likeness (QED) is 0.800. The van der Waals surface area contributed by atoms with Crippen molar-refractivity contribution in [1.82, 2.24) is 24.6 Å². The monoisotopic (exact) mass is 397 g/mol. The smallest absolute Gasteiger partial charge is 0.379 e. The maximum Gasteiger partial charge on any atom is 0.421 e. The maximum absolute atomic E-state index is 13.1. The number of nitrogens with one attached hydrogen (secondary N) is 2. The molecule has 1 unspecified atom stereocenters. The van der Waals surface area contributed by atoms with Crippen LogP contribution < -0.4 is 10.6 Å². The van der Waals surface area contributed by atoms with Crippen LogP contribution >= 0.6 is 0 Å². The molecule has 2 aliphatic rings. The topological polar surface area (TPSA) is 80.1 Å². The van der Waals surface area contributed by atoms with Gasteiger partial charge in [-0.3, -0.25) is 9.58 Å². The molecule has 0 radical (unpaired) electrons. The van der Waals surface area contributed by atoms with Gasteiger partial charge in [-0.1, -0.05) is 0 Å². The van der Waals surface area contributed by atoms with Gasteiger partial charge in [0.15, 0.2) is 0 Å². The summed E-state index contributed by atoms with van der Waals surface area (Å²) >= 11 is 0. The van der Waals surface area contributed by atoms with E-state index in [2.05, 4.69) is 30.6 Å². The molecule has 2 N–H and O–H groups in total. The molecule has 1 saturated heterocycles. The van der Waals surface area contributed by atoms with Crippen LogP contribution in [0.25, 0.3) is 0 Å². The average Bonchev–Trinajstić information content (AvgIpc) is 3.24. The van der Waals surface area contributed by atoms with Gasteiger partial charge in [0.1, 0.15) is 11.4 Å². The van der Waals surface area contributed by atoms with Crippen LogP contribution in [0.1, 0.15) is 18.2 Å². The molecule has 0 spiro atoms. The van der Waals surface area contributed by atoms with Gasteiger partial charge in [0.2, 0.25) is 5.95 Å². The van der Waals surface area contributed by atoms with Gasteiger partial charge in [0, 0.05) is 38.3 Å². The molecule has 11 heteroatoms. The first kappa shape index (κ1) is 18.9. The fraction of sp³-hybridized carbons (Fsp3) is 0.588. The van der Waals surface area contributed by atoms with Crippen LogP contribution in [0.2, 0.25) is 0 Å². The molecule has 0 aromatic carbocycles. The summed E-state index contributed by atoms with van der Waals surface area (Å²) in [6, 6.07) is 0.346. The van der Waals surface area contributed by atoms with E-state index < -0.39 is 11.7 Å². The van der Waals surface area contributed by atoms with Crippen LogP contribution in [0.15, 0.2) is 12.4 Å². The fourth-order valence-corrected chi connectivity index (χ4v) is 3.63. The van der Waals surface area contributed by atoms with E-state index in [1.54, 1.807) is 13.1 Å². The van der Waals surface area contributed by atoms with Crippen molar-refractivity contribution in [2.75, 3.05) is 43.5 Å². The van der Waals surface area contributed by atoms with Crippen molar-refractivity contribution >= 4 is 17.5 Å². The molecule has 2 aliphatic heterocycles. The van der Waals surface area contributed by atoms with Gasteiger partial charge in [0.25, 0.3) is 0 Å². The minimum absolute atomic E-state index is 0.106. The summed E-state index contributed by atoms with van der Waals surface area (Å²) in [7, 11) is 0. The Hall–Kier alpha value is -2.40. The summed E-state index contributed by atoms with van der Waals surface area (Å²) in [5, 5.41) is 10.1. The molecule has 1 fully saturated rings. The summed E-state index contributed by atoms with van der Waals surface area (Å²) < 4.78 is 46.7. The van der Waals surface area contributed by atoms with E-state index in [0.29, 0.717) is 12.6 Å². The van der Waals surface area contributed by atoms with Gasteiger partial charge in [0.05, 0.1) is 37.3 Å². The predicted molar refractivity (Wildman–Crippen MR) is 96.6 cm³/mol. The molecule has 0 aliphatic carbocycles. The van der Waals surface area contributed by atoms with Crippen LogP contribution in [-0.2, 0) is 23.9 Å². The highest BCUT2D eigenvalue weighted by molar-refractivity contribution is 5.59. The highest BCUT2D eigenvalue weighted by atomic mass is 19.4. The first-order valence-corrected chi connectivity index (χ1v) is 9.27. The first-order chi connectivity index (χ1) is 13.5. The maximum atomic E-state index is 13.1. The summed E-state index contributed by atoms with van der Waals surface area (Å²) in [4.78, 5) is 10.3. The van der Waals surface area contributed by atoms with Gasteiger partial charge < -0.3 is 15.4 Å². The minimum Gasteiger partial charge on any atom is -0.379 e. The third kappa shape index (κ3) is 3.76. The van der Waals surface area contributed by atoms with Crippen LogP contribution in [0, 0.1) is 0 Å². The van der Waals surface area contributed by atoms with Crippen LogP contribution in [-0.4, -0.2) is 63.5 Å². The third-order valence-corrected chi connectivity index (χ3v) is 5.01. The zero-order valence-electron chi connectivity index (χ0n) is 15.5. The Morgan fingerprint density at radius 2 is 2.04 bits per heavy atom. The zero-order valence-corrected chi connectivity index (χ0v) is 15.5. The molecule has 2 aromatic heterocycles. The Labute approximate surface area is 160 Å². The molecule has 8 nitrogen and oxygen atoms in total. The Morgan fingerprint density at radius 3 is 2.75 bits per heavy atom. The molecule has 2 aromatic rings. The predicted octanol–water partition coefficient (Wildman–Crippen LogP) is 2.12. The summed E-state index contributed by atoms with van der Waals surface area (Å²) in [6.45, 7) is 6.08. The Kier molecular flexibility index (Phi) is 5.11. The van der Waals surface area contributed by atoms with Crippen molar-refractivity contribution in [3.05, 3.63) is 23.7 Å². The molecule has 4 heterocycles. The fourth-order valence-electron chi connectivity index (χ4n) is 3.63. The zero-order chi connectivity index (χ0) is 19.7. The molecule has 0 amide bonds. The van der Waals surface area contributed by atoms with Crippen LogP contribution in [0.4, 0.5) is 30.6 Å². The summed E-state index contributed by atoms with van der Waals surface area (Å²) in [5.41, 5.74) is 0.843. The van der Waals surface area contributed by atoms with E-state index in [9.17, 15) is 13.2 Å². The number of aromatic nitrogens is 4. The second-order valence-corrected chi connectivity index (χ2v) is 6.80. The number of morpholine rings is 1. The number of ether oxygens (including phenoxy) is 1. The van der Waals surface area contributed by atoms with Crippen LogP contribution in [0.5, 0.6) is 0 Å². The Bertz CT molecular complexity index is 833. The lowest BCUT2D eigenvalue weighted by molar-refractivity contribution is -0.137. The van der Waals surface area contributed by atoms with Crippen molar-refractivity contribution in [3.63, 3.8) is 0 Å². The molecule has 28 heavy (non-hydrogen) atoms. The van der Waals surface area contributed by atoms with Crippen molar-refractivity contribution in [2.45, 2.75) is 32.1 Å². The lowest BCUT2D eigenvalue weighted by Crippen LogP contribution is -2.44. The van der Waals surface area contributed by atoms with Gasteiger partial charge in [-0.2, -0.15) is 23.3 Å². The van der Waals surface area contributed by atoms with Crippen molar-refractivity contribution < 1.29 is 17.9 Å². The SMILES string of the molecule is CCNc1nc(Nc2cnn3c2CC(N2CCOCC2)C3)ncc1C(F)(F)F. The Balaban J connectivity index is 1.51. The molecular weight excluding hydrogens is 375 g/mol. The standard InChI is InChI=1S/C17H22F3N7O/c1-2-21-15-12(17(18,19)20)8-22-16(25-15)24-13-9-23-27-10-11(7-14(13)27)26-3-5-28-6-4-26/h8-9,11H,2-7,10H2,1H3,(H2,21,22,24,25). The first-order valence-electron chi connectivity index (χ1n) is 9.27. The van der Waals surface area contributed by atoms with E-state index in [1.165, 1.54) is 0 Å². The van der Waals surface area contributed by atoms with Crippen LogP contribution in [0.3, 0.4) is 0 Å². The summed E-state index contributed by atoms with van der Waals surface area (Å²) in [6.07, 6.45) is -1.24. The number of nitrogens with zero attached hydrogens (tertiary/aromatic N) is 5. The van der Waals surface area contributed by atoms with E-state index in [1.807, 2.05) is 4.68 Å². The largest absolute Gasteiger partial charge is 0.421 e. The number of alkyl halides is 3. The third-order valence-electron chi connectivity index (χ3n) is 5.01. The lowest BCUT2D eigenvalue weighted by Gasteiger charge is -2.31. The number of halogens is 3. The van der Waals surface area contributed by atoms with Crippen molar-refractivity contribution in [1.29, 1.82) is 0 Å². The molecule has 0 bridgehead atoms. The number of hydrogen-bond donors (Lipinski definition) is 2. The summed E-state index contributed by atoms with van der Waals surface area (Å²) in [5.74, 6) is -0.128. The number of fused-ring (bicyclic) bond motifs is 1. The second-order valence-electron chi connectivity index (χ2n) is 6.80. The number of rotatable bonds is 5. The molecule has 1 atom stereocenters. The van der Waals surface area contributed by atoms with Crippen molar-refractivity contribution in [2.24, 2.45) is 0 Å². The second kappa shape index (κ2) is 7.55. The van der Waals surface area contributed by atoms with E-state index in [4.69, 9.17) is 4.74 Å². The van der Waals surface area contributed by atoms with Gasteiger partial charge >= 0.3 is 6.18 Å². The number of anilines is 3. The Morgan fingerprint density at radius 1 is 1.25 bits per heavy atom. The van der Waals surface area contributed by atoms with Gasteiger partial charge in [-0.05, 0) is 6.92 Å². The van der Waals surface area contributed by atoms with Crippen molar-refractivity contribution in [3.8, 4) is 0 Å². The van der Waals surface area contributed by atoms with Gasteiger partial charge in [-0.25, -0.2) is 4.98 Å². The lowest BCUT2D eigenvalue weighted by atomic mass is 10.1. The highest BCUT2D eigenvalue weighted by Gasteiger charge is 2.35. The molecule has 152 valence electrons. The molecule has 4 rings (SSSR count).